The summed E-state index contributed by atoms with van der Waals surface area (Å²) in [7, 11) is 0. The van der Waals surface area contributed by atoms with Crippen LogP contribution in [0, 0.1) is 6.92 Å². The van der Waals surface area contributed by atoms with Crippen LogP contribution in [0.3, 0.4) is 0 Å². The molecule has 116 valence electrons. The van der Waals surface area contributed by atoms with Gasteiger partial charge in [-0.05, 0) is 40.2 Å². The SMILES string of the molecule is [2H]c1c([2H])c([2H])c(-c2cccc(-c3c([2H])c([2H])c(C)c([2H])c3[2H])c2C(C)(C)C)c([2H])c1[2H]. The quantitative estimate of drug-likeness (QED) is 0.498. The molecule has 0 aliphatic carbocycles. The van der Waals surface area contributed by atoms with Gasteiger partial charge in [-0.15, -0.1) is 0 Å². The van der Waals surface area contributed by atoms with Gasteiger partial charge in [-0.2, -0.15) is 0 Å². The van der Waals surface area contributed by atoms with E-state index in [2.05, 4.69) is 0 Å². The Morgan fingerprint density at radius 1 is 0.739 bits per heavy atom. The van der Waals surface area contributed by atoms with Crippen molar-refractivity contribution in [2.24, 2.45) is 0 Å². The van der Waals surface area contributed by atoms with Gasteiger partial charge in [-0.3, -0.25) is 0 Å². The molecule has 0 radical (unpaired) electrons. The Bertz CT molecular complexity index is 1110. The van der Waals surface area contributed by atoms with Crippen LogP contribution in [-0.4, -0.2) is 0 Å². The van der Waals surface area contributed by atoms with Gasteiger partial charge >= 0.3 is 0 Å². The summed E-state index contributed by atoms with van der Waals surface area (Å²) in [5, 5.41) is 0. The summed E-state index contributed by atoms with van der Waals surface area (Å²) >= 11 is 0. The van der Waals surface area contributed by atoms with E-state index in [9.17, 15) is 0 Å². The minimum atomic E-state index is -0.608. The molecule has 23 heavy (non-hydrogen) atoms. The Labute approximate surface area is 152 Å². The van der Waals surface area contributed by atoms with Crippen LogP contribution < -0.4 is 0 Å². The summed E-state index contributed by atoms with van der Waals surface area (Å²) in [6.07, 6.45) is 0. The molecule has 3 rings (SSSR count). The van der Waals surface area contributed by atoms with E-state index >= 15 is 0 Å². The van der Waals surface area contributed by atoms with E-state index in [0.29, 0.717) is 16.7 Å². The lowest BCUT2D eigenvalue weighted by Crippen LogP contribution is -2.14. The van der Waals surface area contributed by atoms with Gasteiger partial charge in [0.15, 0.2) is 0 Å². The molecule has 0 heterocycles. The monoisotopic (exact) mass is 309 g/mol. The first-order chi connectivity index (χ1) is 14.7. The molecule has 0 saturated heterocycles. The molecule has 0 aliphatic rings. The van der Waals surface area contributed by atoms with Crippen LogP contribution in [0.5, 0.6) is 0 Å². The average Bonchev–Trinajstić information content (AvgIpc) is 2.73. The highest BCUT2D eigenvalue weighted by Gasteiger charge is 2.23. The Morgan fingerprint density at radius 2 is 1.26 bits per heavy atom. The van der Waals surface area contributed by atoms with Crippen LogP contribution in [0.2, 0.25) is 0 Å². The van der Waals surface area contributed by atoms with Crippen molar-refractivity contribution in [3.05, 3.63) is 83.7 Å². The predicted octanol–water partition coefficient (Wildman–Crippen LogP) is 6.63. The molecule has 0 amide bonds. The predicted molar refractivity (Wildman–Crippen MR) is 101 cm³/mol. The second kappa shape index (κ2) is 6.04. The fraction of sp³-hybridized carbons (Fsp3) is 0.217. The number of rotatable bonds is 2. The zero-order chi connectivity index (χ0) is 24.3. The Balaban J connectivity index is 2.55. The van der Waals surface area contributed by atoms with E-state index in [1.807, 2.05) is 20.8 Å². The van der Waals surface area contributed by atoms with Gasteiger partial charge < -0.3 is 0 Å². The highest BCUT2D eigenvalue weighted by molar-refractivity contribution is 5.80. The lowest BCUT2D eigenvalue weighted by Gasteiger charge is -2.27. The van der Waals surface area contributed by atoms with E-state index in [-0.39, 0.29) is 52.9 Å². The van der Waals surface area contributed by atoms with Crippen molar-refractivity contribution in [1.29, 1.82) is 0 Å². The van der Waals surface area contributed by atoms with Gasteiger partial charge in [0, 0.05) is 0 Å². The van der Waals surface area contributed by atoms with Crippen molar-refractivity contribution in [2.45, 2.75) is 33.1 Å². The van der Waals surface area contributed by atoms with E-state index in [1.54, 1.807) is 18.2 Å². The van der Waals surface area contributed by atoms with Crippen LogP contribution in [0.15, 0.2) is 72.6 Å². The first kappa shape index (κ1) is 7.97. The minimum absolute atomic E-state index is 0.0464. The summed E-state index contributed by atoms with van der Waals surface area (Å²) in [6, 6.07) is 2.38. The summed E-state index contributed by atoms with van der Waals surface area (Å²) in [4.78, 5) is 0. The van der Waals surface area contributed by atoms with Gasteiger partial charge in [0.25, 0.3) is 0 Å². The second-order valence-electron chi connectivity index (χ2n) is 6.48. The molecule has 3 aromatic rings. The van der Waals surface area contributed by atoms with Gasteiger partial charge in [0.1, 0.15) is 0 Å². The van der Waals surface area contributed by atoms with E-state index in [4.69, 9.17) is 12.3 Å². The third kappa shape index (κ3) is 3.22. The lowest BCUT2D eigenvalue weighted by atomic mass is 9.77. The summed E-state index contributed by atoms with van der Waals surface area (Å²) in [6.45, 7) is 7.23. The molecule has 0 aromatic heterocycles. The van der Waals surface area contributed by atoms with Gasteiger partial charge in [0.2, 0.25) is 0 Å². The average molecular weight is 309 g/mol. The number of hydrogen-bond acceptors (Lipinski definition) is 0. The van der Waals surface area contributed by atoms with Crippen LogP contribution in [0.4, 0.5) is 0 Å². The first-order valence-electron chi connectivity index (χ1n) is 12.0. The van der Waals surface area contributed by atoms with Gasteiger partial charge in [-0.25, -0.2) is 0 Å². The molecule has 0 nitrogen and oxygen atoms in total. The van der Waals surface area contributed by atoms with Crippen molar-refractivity contribution in [3.8, 4) is 22.3 Å². The first-order valence-corrected chi connectivity index (χ1v) is 7.49. The van der Waals surface area contributed by atoms with Gasteiger partial charge in [-0.1, -0.05) is 98.9 Å². The third-order valence-corrected chi connectivity index (χ3v) is 3.60. The summed E-state index contributed by atoms with van der Waals surface area (Å²) in [5.41, 5.74) is 1.26. The van der Waals surface area contributed by atoms with Crippen LogP contribution >= 0.6 is 0 Å². The molecule has 0 unspecified atom stereocenters. The molecule has 0 spiro atoms. The molecule has 0 bridgehead atoms. The fourth-order valence-corrected chi connectivity index (χ4v) is 2.67. The van der Waals surface area contributed by atoms with E-state index in [0.717, 1.165) is 0 Å². The molecule has 0 saturated carbocycles. The molecule has 0 fully saturated rings. The topological polar surface area (TPSA) is 0 Å². The number of hydrogen-bond donors (Lipinski definition) is 0. The molecule has 3 aromatic carbocycles. The van der Waals surface area contributed by atoms with Crippen molar-refractivity contribution < 1.29 is 12.3 Å². The Morgan fingerprint density at radius 3 is 1.78 bits per heavy atom. The Hall–Kier alpha value is -2.34. The van der Waals surface area contributed by atoms with Crippen LogP contribution in [-0.2, 0) is 5.41 Å². The van der Waals surface area contributed by atoms with E-state index < -0.39 is 23.5 Å². The summed E-state index contributed by atoms with van der Waals surface area (Å²) < 4.78 is 74.4. The van der Waals surface area contributed by atoms with Crippen LogP contribution in [0.1, 0.15) is 44.2 Å². The van der Waals surface area contributed by atoms with Crippen molar-refractivity contribution in [3.63, 3.8) is 0 Å². The normalized spacial score (nSPS) is 17.0. The maximum Gasteiger partial charge on any atom is 0.0629 e. The maximum absolute atomic E-state index is 8.52. The zero-order valence-corrected chi connectivity index (χ0v) is 13.7. The maximum atomic E-state index is 8.52. The Kier molecular flexibility index (Phi) is 2.09. The molecule has 0 N–H and O–H groups in total. The molecule has 0 heteroatoms. The molecule has 0 atom stereocenters. The number of benzene rings is 3. The second-order valence-corrected chi connectivity index (χ2v) is 6.48. The van der Waals surface area contributed by atoms with Crippen LogP contribution in [0.25, 0.3) is 22.3 Å². The smallest absolute Gasteiger partial charge is 0.0622 e. The van der Waals surface area contributed by atoms with Gasteiger partial charge in [0.05, 0.1) is 12.3 Å². The largest absolute Gasteiger partial charge is 0.0629 e. The standard InChI is InChI=1S/C23H24/c1-17-13-15-19(16-14-17)21-12-8-11-20(22(21)23(2,3)4)18-9-6-5-7-10-18/h5-16H,1-4H3/i5D,6D,7D,9D,10D,13D,14D,15D,16D. The van der Waals surface area contributed by atoms with Crippen molar-refractivity contribution >= 4 is 0 Å². The highest BCUT2D eigenvalue weighted by atomic mass is 14.3. The molecular weight excluding hydrogens is 276 g/mol. The molecule has 0 aliphatic heterocycles. The zero-order valence-electron chi connectivity index (χ0n) is 22.7. The highest BCUT2D eigenvalue weighted by Crippen LogP contribution is 2.40. The third-order valence-electron chi connectivity index (χ3n) is 3.60. The lowest BCUT2D eigenvalue weighted by molar-refractivity contribution is 0.593. The summed E-state index contributed by atoms with van der Waals surface area (Å²) in [5.74, 6) is 0. The van der Waals surface area contributed by atoms with Crippen molar-refractivity contribution in [2.75, 3.05) is 0 Å². The fourth-order valence-electron chi connectivity index (χ4n) is 2.67. The molecular formula is C23H24. The van der Waals surface area contributed by atoms with Crippen molar-refractivity contribution in [1.82, 2.24) is 0 Å². The van der Waals surface area contributed by atoms with E-state index in [1.165, 1.54) is 6.92 Å². The minimum Gasteiger partial charge on any atom is -0.0622 e.